The van der Waals surface area contributed by atoms with Gasteiger partial charge in [-0.1, -0.05) is 31.5 Å². The molecule has 0 aliphatic heterocycles. The van der Waals surface area contributed by atoms with Gasteiger partial charge in [0.25, 0.3) is 0 Å². The van der Waals surface area contributed by atoms with E-state index in [1.54, 1.807) is 0 Å². The fourth-order valence-corrected chi connectivity index (χ4v) is 2.63. The third-order valence-electron chi connectivity index (χ3n) is 3.59. The zero-order valence-electron chi connectivity index (χ0n) is 10.9. The number of para-hydroxylation sites is 1. The first kappa shape index (κ1) is 12.4. The monoisotopic (exact) mass is 233 g/mol. The molecule has 1 fully saturated rings. The van der Waals surface area contributed by atoms with E-state index in [1.807, 2.05) is 25.1 Å². The van der Waals surface area contributed by atoms with Crippen molar-refractivity contribution in [1.82, 2.24) is 0 Å². The van der Waals surface area contributed by atoms with Crippen LogP contribution in [0.1, 0.15) is 51.1 Å². The number of nitrogens with two attached hydrogens (primary N) is 1. The Morgan fingerprint density at radius 2 is 2.06 bits per heavy atom. The van der Waals surface area contributed by atoms with Crippen LogP contribution in [0.15, 0.2) is 24.3 Å². The molecule has 0 spiro atoms. The van der Waals surface area contributed by atoms with Gasteiger partial charge in [-0.05, 0) is 38.2 Å². The van der Waals surface area contributed by atoms with Gasteiger partial charge in [-0.15, -0.1) is 0 Å². The van der Waals surface area contributed by atoms with Gasteiger partial charge >= 0.3 is 0 Å². The van der Waals surface area contributed by atoms with Gasteiger partial charge in [0.1, 0.15) is 5.75 Å². The second-order valence-electron chi connectivity index (χ2n) is 5.34. The highest BCUT2D eigenvalue weighted by molar-refractivity contribution is 5.35. The maximum atomic E-state index is 6.14. The first-order valence-electron chi connectivity index (χ1n) is 6.68. The molecule has 0 radical (unpaired) electrons. The Balaban J connectivity index is 2.07. The molecule has 0 heterocycles. The average molecular weight is 233 g/mol. The number of benzene rings is 1. The minimum atomic E-state index is 0.0345. The van der Waals surface area contributed by atoms with Gasteiger partial charge in [0, 0.05) is 11.6 Å². The van der Waals surface area contributed by atoms with Crippen molar-refractivity contribution >= 4 is 0 Å². The maximum Gasteiger partial charge on any atom is 0.124 e. The highest BCUT2D eigenvalue weighted by Gasteiger charge is 2.21. The fraction of sp³-hybridized carbons (Fsp3) is 0.600. The van der Waals surface area contributed by atoms with E-state index in [0.717, 1.165) is 17.2 Å². The third-order valence-corrected chi connectivity index (χ3v) is 3.59. The van der Waals surface area contributed by atoms with Crippen LogP contribution in [0.25, 0.3) is 0 Å². The summed E-state index contributed by atoms with van der Waals surface area (Å²) in [5.74, 6) is 1.76. The van der Waals surface area contributed by atoms with Crippen molar-refractivity contribution in [1.29, 1.82) is 0 Å². The van der Waals surface area contributed by atoms with Crippen molar-refractivity contribution in [2.75, 3.05) is 0 Å². The second-order valence-corrected chi connectivity index (χ2v) is 5.34. The minimum absolute atomic E-state index is 0.0345. The number of ether oxygens (including phenoxy) is 1. The molecule has 1 saturated carbocycles. The van der Waals surface area contributed by atoms with Crippen molar-refractivity contribution in [3.8, 4) is 5.75 Å². The summed E-state index contributed by atoms with van der Waals surface area (Å²) in [6, 6.07) is 8.18. The van der Waals surface area contributed by atoms with Gasteiger partial charge in [-0.3, -0.25) is 0 Å². The zero-order chi connectivity index (χ0) is 12.3. The summed E-state index contributed by atoms with van der Waals surface area (Å²) in [7, 11) is 0. The van der Waals surface area contributed by atoms with E-state index in [2.05, 4.69) is 13.0 Å². The smallest absolute Gasteiger partial charge is 0.124 e. The Labute approximate surface area is 104 Å². The van der Waals surface area contributed by atoms with Crippen LogP contribution in [-0.2, 0) is 0 Å². The maximum absolute atomic E-state index is 6.14. The molecule has 3 atom stereocenters. The summed E-state index contributed by atoms with van der Waals surface area (Å²) in [6.45, 7) is 4.32. The lowest BCUT2D eigenvalue weighted by atomic mass is 9.88. The molecular formula is C15H23NO. The molecule has 1 aromatic carbocycles. The molecule has 1 aliphatic rings. The van der Waals surface area contributed by atoms with Crippen LogP contribution in [0, 0.1) is 5.92 Å². The zero-order valence-corrected chi connectivity index (χ0v) is 10.9. The summed E-state index contributed by atoms with van der Waals surface area (Å²) in [5, 5.41) is 0. The van der Waals surface area contributed by atoms with E-state index < -0.39 is 0 Å². The molecule has 0 saturated heterocycles. The molecule has 94 valence electrons. The van der Waals surface area contributed by atoms with E-state index in [9.17, 15) is 0 Å². The van der Waals surface area contributed by atoms with Crippen LogP contribution < -0.4 is 10.5 Å². The molecule has 0 bridgehead atoms. The molecule has 1 aromatic rings. The number of hydrogen-bond donors (Lipinski definition) is 1. The third kappa shape index (κ3) is 3.22. The van der Waals surface area contributed by atoms with Gasteiger partial charge in [0.2, 0.25) is 0 Å². The molecule has 2 heteroatoms. The highest BCUT2D eigenvalue weighted by Crippen LogP contribution is 2.30. The predicted molar refractivity (Wildman–Crippen MR) is 71.1 cm³/mol. The summed E-state index contributed by atoms with van der Waals surface area (Å²) in [6.07, 6.45) is 5.35. The van der Waals surface area contributed by atoms with Crippen LogP contribution in [0.3, 0.4) is 0 Å². The molecule has 1 aliphatic carbocycles. The van der Waals surface area contributed by atoms with Crippen molar-refractivity contribution in [3.05, 3.63) is 29.8 Å². The van der Waals surface area contributed by atoms with Crippen LogP contribution in [-0.4, -0.2) is 6.10 Å². The number of rotatable bonds is 3. The second kappa shape index (κ2) is 5.54. The van der Waals surface area contributed by atoms with Crippen molar-refractivity contribution in [3.63, 3.8) is 0 Å². The van der Waals surface area contributed by atoms with Crippen molar-refractivity contribution < 1.29 is 4.74 Å². The predicted octanol–water partition coefficient (Wildman–Crippen LogP) is 3.66. The van der Waals surface area contributed by atoms with Crippen LogP contribution in [0.2, 0.25) is 0 Å². The minimum Gasteiger partial charge on any atom is -0.490 e. The normalized spacial score (nSPS) is 26.5. The van der Waals surface area contributed by atoms with E-state index in [0.29, 0.717) is 6.10 Å². The fourth-order valence-electron chi connectivity index (χ4n) is 2.63. The molecule has 2 unspecified atom stereocenters. The molecule has 2 rings (SSSR count). The molecule has 2 nitrogen and oxygen atoms in total. The lowest BCUT2D eigenvalue weighted by Crippen LogP contribution is -2.25. The molecule has 2 N–H and O–H groups in total. The molecular weight excluding hydrogens is 210 g/mol. The summed E-state index contributed by atoms with van der Waals surface area (Å²) in [5.41, 5.74) is 7.08. The number of hydrogen-bond acceptors (Lipinski definition) is 2. The van der Waals surface area contributed by atoms with E-state index in [-0.39, 0.29) is 6.04 Å². The van der Waals surface area contributed by atoms with E-state index in [4.69, 9.17) is 10.5 Å². The first-order chi connectivity index (χ1) is 8.16. The first-order valence-corrected chi connectivity index (χ1v) is 6.68. The quantitative estimate of drug-likeness (QED) is 0.864. The Bertz CT molecular complexity index is 362. The summed E-state index contributed by atoms with van der Waals surface area (Å²) < 4.78 is 6.14. The Morgan fingerprint density at radius 3 is 2.76 bits per heavy atom. The van der Waals surface area contributed by atoms with Gasteiger partial charge in [0.05, 0.1) is 6.10 Å². The van der Waals surface area contributed by atoms with Crippen molar-refractivity contribution in [2.24, 2.45) is 11.7 Å². The van der Waals surface area contributed by atoms with E-state index >= 15 is 0 Å². The Hall–Kier alpha value is -1.02. The largest absolute Gasteiger partial charge is 0.490 e. The van der Waals surface area contributed by atoms with Gasteiger partial charge < -0.3 is 10.5 Å². The average Bonchev–Trinajstić information content (AvgIpc) is 2.29. The van der Waals surface area contributed by atoms with Crippen LogP contribution in [0.5, 0.6) is 5.75 Å². The lowest BCUT2D eigenvalue weighted by Gasteiger charge is -2.28. The lowest BCUT2D eigenvalue weighted by molar-refractivity contribution is 0.127. The summed E-state index contributed by atoms with van der Waals surface area (Å²) >= 11 is 0. The highest BCUT2D eigenvalue weighted by atomic mass is 16.5. The van der Waals surface area contributed by atoms with Crippen LogP contribution >= 0.6 is 0 Å². The Morgan fingerprint density at radius 1 is 1.29 bits per heavy atom. The van der Waals surface area contributed by atoms with Crippen LogP contribution in [0.4, 0.5) is 0 Å². The SMILES string of the molecule is CC1CCCC(Oc2ccccc2[C@@H](C)N)C1. The summed E-state index contributed by atoms with van der Waals surface area (Å²) in [4.78, 5) is 0. The standard InChI is InChI=1S/C15H23NO/c1-11-6-5-7-13(10-11)17-15-9-4-3-8-14(15)12(2)16/h3-4,8-9,11-13H,5-7,10,16H2,1-2H3/t11?,12-,13?/m1/s1. The van der Waals surface area contributed by atoms with Crippen molar-refractivity contribution in [2.45, 2.75) is 51.7 Å². The van der Waals surface area contributed by atoms with Gasteiger partial charge in [-0.2, -0.15) is 0 Å². The topological polar surface area (TPSA) is 35.2 Å². The molecule has 0 aromatic heterocycles. The van der Waals surface area contributed by atoms with Gasteiger partial charge in [0.15, 0.2) is 0 Å². The van der Waals surface area contributed by atoms with E-state index in [1.165, 1.54) is 25.7 Å². The Kier molecular flexibility index (Phi) is 4.06. The van der Waals surface area contributed by atoms with Gasteiger partial charge in [-0.25, -0.2) is 0 Å². The molecule has 0 amide bonds. The molecule has 17 heavy (non-hydrogen) atoms.